The van der Waals surface area contributed by atoms with Crippen molar-refractivity contribution in [1.82, 2.24) is 4.90 Å². The van der Waals surface area contributed by atoms with Gasteiger partial charge < -0.3 is 16.1 Å². The van der Waals surface area contributed by atoms with Crippen molar-refractivity contribution >= 4 is 0 Å². The summed E-state index contributed by atoms with van der Waals surface area (Å²) in [5.74, 6) is 0. The third-order valence-electron chi connectivity index (χ3n) is 5.48. The van der Waals surface area contributed by atoms with E-state index in [1.165, 1.54) is 135 Å². The average molecular weight is 417 g/mol. The smallest absolute Gasteiger partial charge is 0.00187 e. The minimum absolute atomic E-state index is 0. The van der Waals surface area contributed by atoms with Crippen molar-refractivity contribution in [1.29, 1.82) is 0 Å². The molecule has 0 spiro atoms. The quantitative estimate of drug-likeness (QED) is 0.197. The van der Waals surface area contributed by atoms with Crippen molar-refractivity contribution in [2.45, 2.75) is 143 Å². The molecule has 3 heteroatoms. The molecule has 0 bridgehead atoms. The number of hydrogen-bond acceptors (Lipinski definition) is 2. The zero-order valence-corrected chi connectivity index (χ0v) is 21.1. The van der Waals surface area contributed by atoms with Crippen LogP contribution in [-0.4, -0.2) is 36.6 Å². The van der Waals surface area contributed by atoms with Gasteiger partial charge in [0, 0.05) is 0 Å². The summed E-state index contributed by atoms with van der Waals surface area (Å²) >= 11 is 0. The molecule has 0 saturated carbocycles. The van der Waals surface area contributed by atoms with Gasteiger partial charge in [0.25, 0.3) is 0 Å². The van der Waals surface area contributed by atoms with Gasteiger partial charge in [0.05, 0.1) is 0 Å². The van der Waals surface area contributed by atoms with E-state index in [0.717, 1.165) is 6.54 Å². The molecule has 0 saturated heterocycles. The second-order valence-corrected chi connectivity index (χ2v) is 8.55. The fourth-order valence-corrected chi connectivity index (χ4v) is 3.68. The summed E-state index contributed by atoms with van der Waals surface area (Å²) in [5, 5.41) is 0. The van der Waals surface area contributed by atoms with E-state index < -0.39 is 0 Å². The van der Waals surface area contributed by atoms with Crippen LogP contribution in [0.4, 0.5) is 0 Å². The van der Waals surface area contributed by atoms with E-state index in [0.29, 0.717) is 0 Å². The third-order valence-corrected chi connectivity index (χ3v) is 5.48. The molecule has 0 atom stereocenters. The maximum Gasteiger partial charge on any atom is -0.00187 e. The second-order valence-electron chi connectivity index (χ2n) is 8.55. The summed E-state index contributed by atoms with van der Waals surface area (Å²) in [6.45, 7) is 13.6. The number of rotatable bonds is 21. The molecule has 0 fully saturated rings. The molecular formula is C26H60N2O. The minimum atomic E-state index is 0. The first-order chi connectivity index (χ1) is 13.8. The average Bonchev–Trinajstić information content (AvgIpc) is 2.69. The van der Waals surface area contributed by atoms with Crippen molar-refractivity contribution < 1.29 is 5.48 Å². The van der Waals surface area contributed by atoms with Crippen LogP contribution >= 0.6 is 0 Å². The highest BCUT2D eigenvalue weighted by Crippen LogP contribution is 2.11. The van der Waals surface area contributed by atoms with Gasteiger partial charge in [-0.2, -0.15) is 0 Å². The van der Waals surface area contributed by atoms with Crippen LogP contribution in [0.1, 0.15) is 143 Å². The molecule has 0 aliphatic carbocycles. The van der Waals surface area contributed by atoms with E-state index in [4.69, 9.17) is 5.73 Å². The Kier molecular flexibility index (Phi) is 37.6. The Hall–Kier alpha value is -0.120. The monoisotopic (exact) mass is 416 g/mol. The Morgan fingerprint density at radius 2 is 0.621 bits per heavy atom. The summed E-state index contributed by atoms with van der Waals surface area (Å²) in [5.41, 5.74) is 4.85. The van der Waals surface area contributed by atoms with Crippen molar-refractivity contribution in [3.05, 3.63) is 0 Å². The maximum absolute atomic E-state index is 4.85. The van der Waals surface area contributed by atoms with Gasteiger partial charge in [0.15, 0.2) is 0 Å². The van der Waals surface area contributed by atoms with Crippen LogP contribution in [0.2, 0.25) is 0 Å². The van der Waals surface area contributed by atoms with Crippen LogP contribution in [-0.2, 0) is 0 Å². The van der Waals surface area contributed by atoms with Crippen molar-refractivity contribution in [2.24, 2.45) is 5.73 Å². The number of nitrogens with two attached hydrogens (primary N) is 1. The molecule has 29 heavy (non-hydrogen) atoms. The van der Waals surface area contributed by atoms with Crippen LogP contribution in [0.5, 0.6) is 0 Å². The Morgan fingerprint density at radius 3 is 0.862 bits per heavy atom. The number of unbranched alkanes of at least 4 members (excludes halogenated alkanes) is 15. The highest BCUT2D eigenvalue weighted by molar-refractivity contribution is 4.60. The zero-order valence-electron chi connectivity index (χ0n) is 21.1. The third kappa shape index (κ3) is 32.7. The summed E-state index contributed by atoms with van der Waals surface area (Å²) in [4.78, 5) is 2.79. The number of hydrogen-bond donors (Lipinski definition) is 1. The zero-order chi connectivity index (χ0) is 21.1. The van der Waals surface area contributed by atoms with Gasteiger partial charge in [0.1, 0.15) is 0 Å². The van der Waals surface area contributed by atoms with E-state index >= 15 is 0 Å². The maximum atomic E-state index is 4.85. The van der Waals surface area contributed by atoms with E-state index in [-0.39, 0.29) is 5.48 Å². The first-order valence-electron chi connectivity index (χ1n) is 13.2. The molecule has 3 nitrogen and oxygen atoms in total. The topological polar surface area (TPSA) is 60.8 Å². The Bertz CT molecular complexity index is 211. The van der Waals surface area contributed by atoms with Crippen molar-refractivity contribution in [2.75, 3.05) is 26.2 Å². The Morgan fingerprint density at radius 1 is 0.414 bits per heavy atom. The van der Waals surface area contributed by atoms with E-state index in [1.807, 2.05) is 6.92 Å². The van der Waals surface area contributed by atoms with Crippen LogP contribution in [0, 0.1) is 0 Å². The fourth-order valence-electron chi connectivity index (χ4n) is 3.68. The predicted octanol–water partition coefficient (Wildman–Crippen LogP) is 7.51. The second kappa shape index (κ2) is 32.5. The Labute approximate surface area is 185 Å². The van der Waals surface area contributed by atoms with E-state index in [9.17, 15) is 0 Å². The molecular weight excluding hydrogens is 356 g/mol. The molecule has 0 aromatic heterocycles. The lowest BCUT2D eigenvalue weighted by atomic mass is 10.1. The van der Waals surface area contributed by atoms with Crippen LogP contribution in [0.3, 0.4) is 0 Å². The highest BCUT2D eigenvalue weighted by atomic mass is 16.0. The van der Waals surface area contributed by atoms with Crippen molar-refractivity contribution in [3.63, 3.8) is 0 Å². The molecule has 0 rings (SSSR count). The van der Waals surface area contributed by atoms with Gasteiger partial charge >= 0.3 is 0 Å². The summed E-state index contributed by atoms with van der Waals surface area (Å²) in [6.07, 6.45) is 25.7. The van der Waals surface area contributed by atoms with Gasteiger partial charge in [-0.1, -0.05) is 124 Å². The molecule has 0 heterocycles. The largest absolute Gasteiger partial charge is 0.412 e. The lowest BCUT2D eigenvalue weighted by Crippen LogP contribution is -2.27. The minimum Gasteiger partial charge on any atom is -0.412 e. The van der Waals surface area contributed by atoms with E-state index in [2.05, 4.69) is 25.7 Å². The number of nitrogens with zero attached hydrogens (tertiary/aromatic N) is 1. The van der Waals surface area contributed by atoms with Crippen LogP contribution < -0.4 is 5.73 Å². The molecule has 4 N–H and O–H groups in total. The molecule has 0 unspecified atom stereocenters. The molecule has 180 valence electrons. The van der Waals surface area contributed by atoms with Crippen molar-refractivity contribution in [3.8, 4) is 0 Å². The summed E-state index contributed by atoms with van der Waals surface area (Å²) in [7, 11) is 0. The summed E-state index contributed by atoms with van der Waals surface area (Å²) in [6, 6.07) is 0. The molecule has 0 aromatic carbocycles. The first kappa shape index (κ1) is 33.5. The molecule has 0 aliphatic rings. The van der Waals surface area contributed by atoms with Crippen LogP contribution in [0.15, 0.2) is 0 Å². The summed E-state index contributed by atoms with van der Waals surface area (Å²) < 4.78 is 0. The van der Waals surface area contributed by atoms with E-state index in [1.54, 1.807) is 0 Å². The predicted molar refractivity (Wildman–Crippen MR) is 135 cm³/mol. The van der Waals surface area contributed by atoms with Gasteiger partial charge in [-0.3, -0.25) is 0 Å². The van der Waals surface area contributed by atoms with Gasteiger partial charge in [-0.25, -0.2) is 0 Å². The van der Waals surface area contributed by atoms with Gasteiger partial charge in [0.2, 0.25) is 0 Å². The molecule has 0 radical (unpaired) electrons. The lowest BCUT2D eigenvalue weighted by Gasteiger charge is -2.22. The SMILES string of the molecule is CCCCCCCCN(CCCCCCCC)CCCCCCCC.CCN.O. The molecule has 0 aromatic rings. The normalized spacial score (nSPS) is 10.6. The first-order valence-corrected chi connectivity index (χ1v) is 13.2. The molecule has 0 amide bonds. The Balaban J connectivity index is -0.00000158. The highest BCUT2D eigenvalue weighted by Gasteiger charge is 2.05. The van der Waals surface area contributed by atoms with Crippen LogP contribution in [0.25, 0.3) is 0 Å². The fraction of sp³-hybridized carbons (Fsp3) is 1.00. The van der Waals surface area contributed by atoms with Gasteiger partial charge in [-0.15, -0.1) is 0 Å². The molecule has 0 aliphatic heterocycles. The lowest BCUT2D eigenvalue weighted by molar-refractivity contribution is 0.254. The van der Waals surface area contributed by atoms with Gasteiger partial charge in [-0.05, 0) is 45.4 Å². The standard InChI is InChI=1S/C24H51N.C2H7N.H2O/c1-4-7-10-13-16-19-22-25(23-20-17-14-11-8-5-2)24-21-18-15-12-9-6-3;1-2-3;/h4-24H2,1-3H3;2-3H2,1H3;1H2.